The highest BCUT2D eigenvalue weighted by atomic mass is 35.5. The van der Waals surface area contributed by atoms with Crippen LogP contribution in [0.3, 0.4) is 0 Å². The van der Waals surface area contributed by atoms with Crippen molar-refractivity contribution in [1.29, 1.82) is 0 Å². The van der Waals surface area contributed by atoms with Crippen LogP contribution in [0.25, 0.3) is 5.69 Å². The van der Waals surface area contributed by atoms with Crippen LogP contribution in [0.5, 0.6) is 0 Å². The summed E-state index contributed by atoms with van der Waals surface area (Å²) in [6, 6.07) is 14.6. The largest absolute Gasteiger partial charge is 0.318 e. The quantitative estimate of drug-likeness (QED) is 0.379. The fraction of sp³-hybridized carbons (Fsp3) is 0.250. The normalized spacial score (nSPS) is 16.9. The van der Waals surface area contributed by atoms with E-state index in [2.05, 4.69) is 15.1 Å². The van der Waals surface area contributed by atoms with Crippen LogP contribution in [-0.2, 0) is 14.8 Å². The number of carbonyl (C=O) groups is 1. The third kappa shape index (κ3) is 4.90. The van der Waals surface area contributed by atoms with E-state index < -0.39 is 22.0 Å². The number of nitrogens with one attached hydrogen (secondary N) is 1. The van der Waals surface area contributed by atoms with Crippen molar-refractivity contribution in [3.05, 3.63) is 81.6 Å². The number of hydrogen-bond donors (Lipinski definition) is 1. The summed E-state index contributed by atoms with van der Waals surface area (Å²) in [5.74, 6) is -0.460. The number of carbonyl (C=O) groups excluding carboxylic acids is 1. The van der Waals surface area contributed by atoms with Gasteiger partial charge in [0.15, 0.2) is 0 Å². The molecule has 1 N–H and O–H groups in total. The third-order valence-electron chi connectivity index (χ3n) is 5.86. The smallest absolute Gasteiger partial charge is 0.258 e. The summed E-state index contributed by atoms with van der Waals surface area (Å²) in [6.45, 7) is 4.22. The van der Waals surface area contributed by atoms with Gasteiger partial charge in [-0.3, -0.25) is 4.79 Å². The number of halogens is 2. The molecule has 0 unspecified atom stereocenters. The summed E-state index contributed by atoms with van der Waals surface area (Å²) >= 11 is 11.9. The van der Waals surface area contributed by atoms with Crippen LogP contribution < -0.4 is 5.43 Å². The van der Waals surface area contributed by atoms with Crippen molar-refractivity contribution >= 4 is 45.3 Å². The van der Waals surface area contributed by atoms with E-state index >= 15 is 0 Å². The Bertz CT molecular complexity index is 1330. The van der Waals surface area contributed by atoms with E-state index in [1.54, 1.807) is 6.21 Å². The number of aromatic nitrogens is 1. The highest BCUT2D eigenvalue weighted by molar-refractivity contribution is 7.89. The van der Waals surface area contributed by atoms with E-state index in [1.807, 2.05) is 44.2 Å². The zero-order valence-corrected chi connectivity index (χ0v) is 21.0. The lowest BCUT2D eigenvalue weighted by atomic mass is 10.2. The summed E-state index contributed by atoms with van der Waals surface area (Å²) in [4.78, 5) is 12.9. The minimum absolute atomic E-state index is 0.106. The van der Waals surface area contributed by atoms with Crippen LogP contribution >= 0.6 is 23.2 Å². The molecule has 7 nitrogen and oxygen atoms in total. The van der Waals surface area contributed by atoms with E-state index in [-0.39, 0.29) is 11.4 Å². The van der Waals surface area contributed by atoms with E-state index in [4.69, 9.17) is 23.2 Å². The maximum atomic E-state index is 13.0. The molecule has 1 aliphatic rings. The number of hydrazone groups is 1. The molecule has 3 aromatic rings. The number of sulfonamides is 1. The molecule has 34 heavy (non-hydrogen) atoms. The average Bonchev–Trinajstić information content (AvgIpc) is 3.40. The fourth-order valence-corrected chi connectivity index (χ4v) is 6.09. The van der Waals surface area contributed by atoms with Gasteiger partial charge in [-0.1, -0.05) is 23.2 Å². The number of hydrogen-bond acceptors (Lipinski definition) is 4. The van der Waals surface area contributed by atoms with E-state index in [9.17, 15) is 13.2 Å². The van der Waals surface area contributed by atoms with Crippen molar-refractivity contribution in [2.75, 3.05) is 6.54 Å². The molecule has 1 fully saturated rings. The lowest BCUT2D eigenvalue weighted by Crippen LogP contribution is -2.44. The molecule has 0 saturated carbocycles. The third-order valence-corrected chi connectivity index (χ3v) is 8.29. The summed E-state index contributed by atoms with van der Waals surface area (Å²) in [6.07, 6.45) is 2.59. The molecular formula is C24H24Cl2N4O3S. The van der Waals surface area contributed by atoms with Gasteiger partial charge in [0.2, 0.25) is 10.0 Å². The molecular weight excluding hydrogens is 495 g/mol. The highest BCUT2D eigenvalue weighted by Crippen LogP contribution is 2.27. The summed E-state index contributed by atoms with van der Waals surface area (Å²) in [5.41, 5.74) is 6.28. The highest BCUT2D eigenvalue weighted by Gasteiger charge is 2.39. The van der Waals surface area contributed by atoms with Gasteiger partial charge in [-0.15, -0.1) is 0 Å². The van der Waals surface area contributed by atoms with Gasteiger partial charge < -0.3 is 4.57 Å². The first-order valence-electron chi connectivity index (χ1n) is 10.7. The fourth-order valence-electron chi connectivity index (χ4n) is 4.18. The van der Waals surface area contributed by atoms with Crippen molar-refractivity contribution in [3.8, 4) is 5.69 Å². The molecule has 1 saturated heterocycles. The van der Waals surface area contributed by atoms with Gasteiger partial charge in [0.25, 0.3) is 5.91 Å². The average molecular weight is 519 g/mol. The van der Waals surface area contributed by atoms with Crippen LogP contribution in [0.4, 0.5) is 0 Å². The van der Waals surface area contributed by atoms with Crippen molar-refractivity contribution in [2.24, 2.45) is 5.10 Å². The van der Waals surface area contributed by atoms with Crippen LogP contribution in [0.2, 0.25) is 10.0 Å². The Morgan fingerprint density at radius 3 is 2.32 bits per heavy atom. The first-order valence-corrected chi connectivity index (χ1v) is 12.9. The second-order valence-electron chi connectivity index (χ2n) is 8.10. The molecule has 2 aromatic carbocycles. The first-order chi connectivity index (χ1) is 16.2. The van der Waals surface area contributed by atoms with Crippen LogP contribution in [0.15, 0.2) is 64.6 Å². The number of aryl methyl sites for hydroxylation is 1. The Morgan fingerprint density at radius 2 is 1.68 bits per heavy atom. The van der Waals surface area contributed by atoms with Crippen molar-refractivity contribution in [1.82, 2.24) is 14.3 Å². The Morgan fingerprint density at radius 1 is 1.06 bits per heavy atom. The van der Waals surface area contributed by atoms with Gasteiger partial charge >= 0.3 is 0 Å². The second-order valence-corrected chi connectivity index (χ2v) is 10.9. The molecule has 0 radical (unpaired) electrons. The number of nitrogens with zero attached hydrogens (tertiary/aromatic N) is 3. The van der Waals surface area contributed by atoms with Crippen molar-refractivity contribution in [3.63, 3.8) is 0 Å². The van der Waals surface area contributed by atoms with Gasteiger partial charge in [-0.2, -0.15) is 9.41 Å². The van der Waals surface area contributed by atoms with Crippen LogP contribution in [0.1, 0.15) is 29.8 Å². The SMILES string of the molecule is Cc1cc(/C=N\NC(=O)[C@@H]2CCCN2S(=O)(=O)c2ccc(Cl)cc2)c(C)n1-c1ccc(Cl)cc1. The molecule has 1 amide bonds. The zero-order chi connectivity index (χ0) is 24.5. The summed E-state index contributed by atoms with van der Waals surface area (Å²) in [7, 11) is -3.82. The minimum atomic E-state index is -3.82. The Hall–Kier alpha value is -2.65. The zero-order valence-electron chi connectivity index (χ0n) is 18.7. The number of amides is 1. The predicted molar refractivity (Wildman–Crippen MR) is 134 cm³/mol. The standard InChI is InChI=1S/C24H24Cl2N4O3S/c1-16-14-18(17(2)30(16)21-9-5-19(25)6-10-21)15-27-28-24(31)23-4-3-13-29(23)34(32,33)22-11-7-20(26)8-12-22/h5-12,14-15,23H,3-4,13H2,1-2H3,(H,28,31)/b27-15-/t23-/m0/s1. The van der Waals surface area contributed by atoms with E-state index in [1.165, 1.54) is 28.6 Å². The Balaban J connectivity index is 1.48. The lowest BCUT2D eigenvalue weighted by Gasteiger charge is -2.22. The maximum Gasteiger partial charge on any atom is 0.258 e. The van der Waals surface area contributed by atoms with E-state index in [0.717, 1.165) is 22.6 Å². The molecule has 0 aliphatic carbocycles. The molecule has 1 aliphatic heterocycles. The van der Waals surface area contributed by atoms with Crippen LogP contribution in [0, 0.1) is 13.8 Å². The topological polar surface area (TPSA) is 83.8 Å². The minimum Gasteiger partial charge on any atom is -0.318 e. The number of rotatable bonds is 6. The first kappa shape index (κ1) is 24.5. The lowest BCUT2D eigenvalue weighted by molar-refractivity contribution is -0.124. The van der Waals surface area contributed by atoms with Crippen LogP contribution in [-0.4, -0.2) is 42.0 Å². The summed E-state index contributed by atoms with van der Waals surface area (Å²) in [5, 5.41) is 5.22. The van der Waals surface area contributed by atoms with Gasteiger partial charge in [0.05, 0.1) is 11.1 Å². The second kappa shape index (κ2) is 9.92. The summed E-state index contributed by atoms with van der Waals surface area (Å²) < 4.78 is 29.4. The Kier molecular flexibility index (Phi) is 7.14. The van der Waals surface area contributed by atoms with Gasteiger partial charge in [0.1, 0.15) is 6.04 Å². The molecule has 1 aromatic heterocycles. The molecule has 1 atom stereocenters. The predicted octanol–water partition coefficient (Wildman–Crippen LogP) is 4.70. The molecule has 4 rings (SSSR count). The van der Waals surface area contributed by atoms with Gasteiger partial charge in [-0.05, 0) is 81.3 Å². The molecule has 2 heterocycles. The van der Waals surface area contributed by atoms with Gasteiger partial charge in [0, 0.05) is 39.2 Å². The van der Waals surface area contributed by atoms with Crippen molar-refractivity contribution in [2.45, 2.75) is 37.6 Å². The van der Waals surface area contributed by atoms with Gasteiger partial charge in [-0.25, -0.2) is 13.8 Å². The molecule has 0 spiro atoms. The Labute approximate surface area is 209 Å². The van der Waals surface area contributed by atoms with Crippen molar-refractivity contribution < 1.29 is 13.2 Å². The van der Waals surface area contributed by atoms with E-state index in [0.29, 0.717) is 22.9 Å². The maximum absolute atomic E-state index is 13.0. The monoisotopic (exact) mass is 518 g/mol. The molecule has 10 heteroatoms. The number of benzene rings is 2. The molecule has 178 valence electrons. The molecule has 0 bridgehead atoms.